The van der Waals surface area contributed by atoms with Gasteiger partial charge >= 0.3 is 0 Å². The highest BCUT2D eigenvalue weighted by molar-refractivity contribution is 5.39. The second-order valence-corrected chi connectivity index (χ2v) is 14.1. The minimum atomic E-state index is 0.248. The topological polar surface area (TPSA) is 0 Å². The van der Waals surface area contributed by atoms with Gasteiger partial charge in [-0.25, -0.2) is 0 Å². The molecular weight excluding hydrogens is 504 g/mol. The Morgan fingerprint density at radius 1 is 0.524 bits per heavy atom. The zero-order valence-electron chi connectivity index (χ0n) is 29.1. The Labute approximate surface area is 260 Å². The largest absolute Gasteiger partial charge is 0.0696 e. The van der Waals surface area contributed by atoms with E-state index in [1.807, 2.05) is 0 Å². The summed E-state index contributed by atoms with van der Waals surface area (Å²) in [5.41, 5.74) is 11.6. The molecule has 0 saturated heterocycles. The van der Waals surface area contributed by atoms with Gasteiger partial charge < -0.3 is 0 Å². The number of hydrogen-bond donors (Lipinski definition) is 0. The lowest BCUT2D eigenvalue weighted by atomic mass is 9.66. The summed E-state index contributed by atoms with van der Waals surface area (Å²) in [4.78, 5) is 0. The molecule has 0 aliphatic heterocycles. The minimum Gasteiger partial charge on any atom is -0.0696 e. The normalized spacial score (nSPS) is 25.0. The molecule has 0 nitrogen and oxygen atoms in total. The van der Waals surface area contributed by atoms with E-state index in [1.165, 1.54) is 59.1 Å². The molecule has 0 N–H and O–H groups in total. The van der Waals surface area contributed by atoms with Gasteiger partial charge in [-0.15, -0.1) is 0 Å². The van der Waals surface area contributed by atoms with Gasteiger partial charge in [0.15, 0.2) is 0 Å². The van der Waals surface area contributed by atoms with Crippen molar-refractivity contribution in [1.29, 1.82) is 0 Å². The van der Waals surface area contributed by atoms with E-state index >= 15 is 0 Å². The molecule has 0 amide bonds. The predicted molar refractivity (Wildman–Crippen MR) is 190 cm³/mol. The minimum absolute atomic E-state index is 0.248. The van der Waals surface area contributed by atoms with Crippen molar-refractivity contribution in [2.45, 2.75) is 109 Å². The second kappa shape index (κ2) is 16.1. The molecule has 42 heavy (non-hydrogen) atoms. The van der Waals surface area contributed by atoms with Crippen LogP contribution in [0.2, 0.25) is 0 Å². The van der Waals surface area contributed by atoms with E-state index in [4.69, 9.17) is 0 Å². The third kappa shape index (κ3) is 10.4. The molecule has 2 aliphatic carbocycles. The fourth-order valence-corrected chi connectivity index (χ4v) is 5.97. The predicted octanol–water partition coefficient (Wildman–Crippen LogP) is 13.1. The Bertz CT molecular complexity index is 1180. The van der Waals surface area contributed by atoms with Gasteiger partial charge in [0.2, 0.25) is 0 Å². The van der Waals surface area contributed by atoms with Crippen LogP contribution in [0.15, 0.2) is 130 Å². The molecule has 2 unspecified atom stereocenters. The molecule has 2 atom stereocenters. The van der Waals surface area contributed by atoms with Crippen molar-refractivity contribution in [3.63, 3.8) is 0 Å². The Hall–Kier alpha value is -2.86. The fraction of sp³-hybridized carbons (Fsp3) is 0.476. The van der Waals surface area contributed by atoms with Gasteiger partial charge in [-0.05, 0) is 101 Å². The monoisotopic (exact) mass is 564 g/mol. The molecule has 0 heteroatoms. The van der Waals surface area contributed by atoms with E-state index < -0.39 is 0 Å². The van der Waals surface area contributed by atoms with Crippen LogP contribution in [0.25, 0.3) is 0 Å². The Balaban J connectivity index is 1.91. The van der Waals surface area contributed by atoms with Crippen LogP contribution in [0, 0.1) is 22.7 Å². The van der Waals surface area contributed by atoms with E-state index in [9.17, 15) is 0 Å². The summed E-state index contributed by atoms with van der Waals surface area (Å²) in [7, 11) is 0. The number of allylic oxidation sites excluding steroid dienone is 22. The molecule has 0 bridgehead atoms. The third-order valence-electron chi connectivity index (χ3n) is 9.97. The average molecular weight is 565 g/mol. The summed E-state index contributed by atoms with van der Waals surface area (Å²) in [5, 5.41) is 0. The van der Waals surface area contributed by atoms with Crippen LogP contribution in [0.3, 0.4) is 0 Å². The molecule has 0 spiro atoms. The van der Waals surface area contributed by atoms with Crippen LogP contribution in [0.1, 0.15) is 109 Å². The van der Waals surface area contributed by atoms with Crippen LogP contribution in [0.4, 0.5) is 0 Å². The number of hydrogen-bond acceptors (Lipinski definition) is 0. The first-order valence-corrected chi connectivity index (χ1v) is 16.1. The lowest BCUT2D eigenvalue weighted by Crippen LogP contribution is -2.28. The lowest BCUT2D eigenvalue weighted by molar-refractivity contribution is 0.256. The summed E-state index contributed by atoms with van der Waals surface area (Å²) >= 11 is 0. The quantitative estimate of drug-likeness (QED) is 0.231. The smallest absolute Gasteiger partial charge is 0.00784 e. The van der Waals surface area contributed by atoms with E-state index in [1.54, 1.807) is 11.1 Å². The highest BCUT2D eigenvalue weighted by Gasteiger charge is 2.34. The Morgan fingerprint density at radius 2 is 0.833 bits per heavy atom. The first-order chi connectivity index (χ1) is 19.7. The fourth-order valence-electron chi connectivity index (χ4n) is 5.97. The molecule has 0 heterocycles. The molecular formula is C42H60. The SMILES string of the molecule is CC1=C(/C=C/C(C)=C/C=C/C(C)=C/C=C/C=C(C)/C=C/C=C(C)/C=C/C2=C(C)CCC(C)C2(C)C)C(C)(C)C(C)CC1. The summed E-state index contributed by atoms with van der Waals surface area (Å²) in [6.45, 7) is 27.6. The molecule has 0 radical (unpaired) electrons. The van der Waals surface area contributed by atoms with Crippen molar-refractivity contribution < 1.29 is 0 Å². The first-order valence-electron chi connectivity index (χ1n) is 16.1. The van der Waals surface area contributed by atoms with Gasteiger partial charge in [0.25, 0.3) is 0 Å². The summed E-state index contributed by atoms with van der Waals surface area (Å²) in [6.07, 6.45) is 35.8. The van der Waals surface area contributed by atoms with Crippen molar-refractivity contribution >= 4 is 0 Å². The lowest BCUT2D eigenvalue weighted by Gasteiger charge is -2.39. The maximum Gasteiger partial charge on any atom is -0.00784 e. The van der Waals surface area contributed by atoms with Crippen LogP contribution in [-0.2, 0) is 0 Å². The molecule has 0 aromatic carbocycles. The van der Waals surface area contributed by atoms with E-state index in [2.05, 4.69) is 168 Å². The van der Waals surface area contributed by atoms with Crippen molar-refractivity contribution in [3.8, 4) is 0 Å². The highest BCUT2D eigenvalue weighted by atomic mass is 14.4. The first kappa shape index (κ1) is 35.3. The van der Waals surface area contributed by atoms with Crippen molar-refractivity contribution in [3.05, 3.63) is 130 Å². The van der Waals surface area contributed by atoms with Crippen LogP contribution in [-0.4, -0.2) is 0 Å². The van der Waals surface area contributed by atoms with Gasteiger partial charge in [-0.1, -0.05) is 160 Å². The standard InChI is InChI=1S/C42H60/c1-31(19-15-21-33(3)23-29-39-35(5)25-27-37(7)41(39,9)10)17-13-14-18-32(2)20-16-22-34(4)24-30-40-36(6)26-28-38(8)42(40,11)12/h13-24,29-30,37-38H,25-28H2,1-12H3/b14-13+,19-15+,20-16+,29-23+,30-24+,31-17+,32-18+,33-21+,34-22+. The maximum absolute atomic E-state index is 2.39. The van der Waals surface area contributed by atoms with Gasteiger partial charge in [-0.2, -0.15) is 0 Å². The summed E-state index contributed by atoms with van der Waals surface area (Å²) in [5.74, 6) is 1.44. The van der Waals surface area contributed by atoms with Gasteiger partial charge in [0.05, 0.1) is 0 Å². The van der Waals surface area contributed by atoms with Crippen molar-refractivity contribution in [2.75, 3.05) is 0 Å². The number of rotatable bonds is 10. The molecule has 228 valence electrons. The summed E-state index contributed by atoms with van der Waals surface area (Å²) < 4.78 is 0. The van der Waals surface area contributed by atoms with Crippen molar-refractivity contribution in [2.24, 2.45) is 22.7 Å². The van der Waals surface area contributed by atoms with E-state index in [0.717, 1.165) is 11.8 Å². The zero-order chi connectivity index (χ0) is 31.5. The van der Waals surface area contributed by atoms with Gasteiger partial charge in [0, 0.05) is 0 Å². The van der Waals surface area contributed by atoms with E-state index in [-0.39, 0.29) is 10.8 Å². The maximum atomic E-state index is 2.39. The van der Waals surface area contributed by atoms with Crippen LogP contribution >= 0.6 is 0 Å². The zero-order valence-corrected chi connectivity index (χ0v) is 29.1. The van der Waals surface area contributed by atoms with Crippen LogP contribution in [0.5, 0.6) is 0 Å². The van der Waals surface area contributed by atoms with Crippen molar-refractivity contribution in [1.82, 2.24) is 0 Å². The summed E-state index contributed by atoms with van der Waals surface area (Å²) in [6, 6.07) is 0. The highest BCUT2D eigenvalue weighted by Crippen LogP contribution is 2.46. The van der Waals surface area contributed by atoms with Gasteiger partial charge in [0.1, 0.15) is 0 Å². The molecule has 0 aromatic heterocycles. The van der Waals surface area contributed by atoms with Gasteiger partial charge in [-0.3, -0.25) is 0 Å². The van der Waals surface area contributed by atoms with Crippen LogP contribution < -0.4 is 0 Å². The molecule has 0 aromatic rings. The second-order valence-electron chi connectivity index (χ2n) is 14.1. The molecule has 2 aliphatic rings. The Morgan fingerprint density at radius 3 is 1.19 bits per heavy atom. The Kier molecular flexibility index (Phi) is 13.6. The molecule has 2 rings (SSSR count). The third-order valence-corrected chi connectivity index (χ3v) is 9.97. The molecule has 0 fully saturated rings. The van der Waals surface area contributed by atoms with E-state index in [0.29, 0.717) is 0 Å². The molecule has 0 saturated carbocycles. The average Bonchev–Trinajstić information content (AvgIpc) is 2.91.